The Bertz CT molecular complexity index is 786. The molecule has 3 rings (SSSR count). The highest BCUT2D eigenvalue weighted by molar-refractivity contribution is 5.28. The summed E-state index contributed by atoms with van der Waals surface area (Å²) in [7, 11) is 0. The zero-order valence-corrected chi connectivity index (χ0v) is 15.1. The largest absolute Gasteiger partial charge is 0.310 e. The lowest BCUT2D eigenvalue weighted by Gasteiger charge is -2.29. The number of aromatic amines is 1. The normalized spacial score (nSPS) is 15.3. The van der Waals surface area contributed by atoms with Gasteiger partial charge in [0.2, 0.25) is 0 Å². The summed E-state index contributed by atoms with van der Waals surface area (Å²) in [6.45, 7) is 10.9. The Morgan fingerprint density at radius 3 is 2.58 bits per heavy atom. The molecule has 0 radical (unpaired) electrons. The van der Waals surface area contributed by atoms with E-state index in [0.717, 1.165) is 43.0 Å². The lowest BCUT2D eigenvalue weighted by molar-refractivity contribution is 0.240. The van der Waals surface area contributed by atoms with Crippen LogP contribution in [-0.4, -0.2) is 21.4 Å². The summed E-state index contributed by atoms with van der Waals surface area (Å²) in [5.41, 5.74) is 4.45. The first kappa shape index (κ1) is 16.9. The molecule has 1 aliphatic rings. The van der Waals surface area contributed by atoms with Crippen LogP contribution >= 0.6 is 0 Å². The molecular formula is C20H27N3O. The summed E-state index contributed by atoms with van der Waals surface area (Å²) in [6, 6.07) is 8.57. The van der Waals surface area contributed by atoms with Crippen molar-refractivity contribution in [3.63, 3.8) is 0 Å². The molecule has 4 heteroatoms. The van der Waals surface area contributed by atoms with E-state index < -0.39 is 0 Å². The number of benzene rings is 1. The lowest BCUT2D eigenvalue weighted by atomic mass is 9.94. The van der Waals surface area contributed by atoms with Gasteiger partial charge in [-0.05, 0) is 17.5 Å². The smallest absolute Gasteiger partial charge is 0.255 e. The molecule has 1 aromatic carbocycles. The van der Waals surface area contributed by atoms with E-state index in [2.05, 4.69) is 61.8 Å². The quantitative estimate of drug-likeness (QED) is 0.943. The second-order valence-electron chi connectivity index (χ2n) is 7.67. The standard InChI is InChI=1S/C20H27N3O/c1-5-14-8-6-7-9-15(14)12-23-11-10-17-16(13-23)18(24)22-19(21-17)20(2,3)4/h6-9H,5,10-13H2,1-4H3,(H,21,22,24). The van der Waals surface area contributed by atoms with E-state index in [0.29, 0.717) is 6.54 Å². The Labute approximate surface area is 143 Å². The maximum absolute atomic E-state index is 12.5. The van der Waals surface area contributed by atoms with Gasteiger partial charge in [0, 0.05) is 31.5 Å². The van der Waals surface area contributed by atoms with E-state index in [-0.39, 0.29) is 11.0 Å². The van der Waals surface area contributed by atoms with Gasteiger partial charge >= 0.3 is 0 Å². The van der Waals surface area contributed by atoms with Crippen LogP contribution in [0.5, 0.6) is 0 Å². The minimum absolute atomic E-state index is 0.0263. The molecule has 4 nitrogen and oxygen atoms in total. The minimum Gasteiger partial charge on any atom is -0.310 e. The van der Waals surface area contributed by atoms with Crippen molar-refractivity contribution in [2.75, 3.05) is 6.54 Å². The van der Waals surface area contributed by atoms with Gasteiger partial charge in [-0.25, -0.2) is 4.98 Å². The van der Waals surface area contributed by atoms with E-state index in [1.807, 2.05) is 0 Å². The van der Waals surface area contributed by atoms with Crippen molar-refractivity contribution in [2.45, 2.75) is 59.0 Å². The van der Waals surface area contributed by atoms with Gasteiger partial charge in [0.25, 0.3) is 5.56 Å². The summed E-state index contributed by atoms with van der Waals surface area (Å²) < 4.78 is 0. The van der Waals surface area contributed by atoms with Crippen molar-refractivity contribution in [1.29, 1.82) is 0 Å². The van der Waals surface area contributed by atoms with Gasteiger partial charge in [0.15, 0.2) is 0 Å². The number of rotatable bonds is 3. The third-order valence-electron chi connectivity index (χ3n) is 4.75. The molecule has 0 bridgehead atoms. The second-order valence-corrected chi connectivity index (χ2v) is 7.67. The van der Waals surface area contributed by atoms with Crippen LogP contribution < -0.4 is 5.56 Å². The van der Waals surface area contributed by atoms with Gasteiger partial charge in [-0.3, -0.25) is 9.69 Å². The molecule has 0 atom stereocenters. The van der Waals surface area contributed by atoms with E-state index in [1.165, 1.54) is 11.1 Å². The van der Waals surface area contributed by atoms with E-state index in [1.54, 1.807) is 0 Å². The highest BCUT2D eigenvalue weighted by Gasteiger charge is 2.25. The van der Waals surface area contributed by atoms with Gasteiger partial charge in [0.1, 0.15) is 5.82 Å². The molecule has 0 amide bonds. The van der Waals surface area contributed by atoms with Crippen LogP contribution in [0.2, 0.25) is 0 Å². The van der Waals surface area contributed by atoms with Crippen molar-refractivity contribution < 1.29 is 0 Å². The highest BCUT2D eigenvalue weighted by atomic mass is 16.1. The predicted molar refractivity (Wildman–Crippen MR) is 97.2 cm³/mol. The molecule has 2 aromatic rings. The molecule has 1 aromatic heterocycles. The van der Waals surface area contributed by atoms with Crippen LogP contribution in [0.1, 0.15) is 55.9 Å². The molecule has 128 valence electrons. The number of nitrogens with one attached hydrogen (secondary N) is 1. The molecular weight excluding hydrogens is 298 g/mol. The molecule has 1 N–H and O–H groups in total. The number of H-pyrrole nitrogens is 1. The van der Waals surface area contributed by atoms with E-state index in [9.17, 15) is 4.79 Å². The maximum Gasteiger partial charge on any atom is 0.255 e. The minimum atomic E-state index is -0.134. The van der Waals surface area contributed by atoms with Crippen molar-refractivity contribution in [1.82, 2.24) is 14.9 Å². The predicted octanol–water partition coefficient (Wildman–Crippen LogP) is 3.19. The molecule has 0 saturated heterocycles. The first-order valence-corrected chi connectivity index (χ1v) is 8.80. The number of fused-ring (bicyclic) bond motifs is 1. The number of hydrogen-bond donors (Lipinski definition) is 1. The molecule has 0 fully saturated rings. The summed E-state index contributed by atoms with van der Waals surface area (Å²) in [6.07, 6.45) is 1.88. The molecule has 0 aliphatic carbocycles. The Kier molecular flexibility index (Phi) is 4.59. The van der Waals surface area contributed by atoms with Gasteiger partial charge < -0.3 is 4.98 Å². The third kappa shape index (κ3) is 3.44. The number of nitrogens with zero attached hydrogens (tertiary/aromatic N) is 2. The lowest BCUT2D eigenvalue weighted by Crippen LogP contribution is -2.37. The van der Waals surface area contributed by atoms with Crippen molar-refractivity contribution >= 4 is 0 Å². The molecule has 0 unspecified atom stereocenters. The number of hydrogen-bond acceptors (Lipinski definition) is 3. The summed E-state index contributed by atoms with van der Waals surface area (Å²) in [5.74, 6) is 0.788. The Balaban J connectivity index is 1.84. The first-order valence-electron chi connectivity index (χ1n) is 8.80. The molecule has 2 heterocycles. The number of aromatic nitrogens is 2. The summed E-state index contributed by atoms with van der Waals surface area (Å²) in [4.78, 5) is 22.6. The van der Waals surface area contributed by atoms with Crippen LogP contribution in [0, 0.1) is 0 Å². The molecule has 24 heavy (non-hydrogen) atoms. The van der Waals surface area contributed by atoms with Crippen molar-refractivity contribution in [3.05, 3.63) is 62.8 Å². The second kappa shape index (κ2) is 6.52. The Hall–Kier alpha value is -1.94. The summed E-state index contributed by atoms with van der Waals surface area (Å²) >= 11 is 0. The molecule has 0 spiro atoms. The average Bonchev–Trinajstić information content (AvgIpc) is 2.55. The zero-order chi connectivity index (χ0) is 17.3. The Morgan fingerprint density at radius 2 is 1.92 bits per heavy atom. The Morgan fingerprint density at radius 1 is 1.21 bits per heavy atom. The third-order valence-corrected chi connectivity index (χ3v) is 4.75. The van der Waals surface area contributed by atoms with Crippen molar-refractivity contribution in [2.24, 2.45) is 0 Å². The first-order chi connectivity index (χ1) is 11.4. The van der Waals surface area contributed by atoms with Crippen LogP contribution in [0.3, 0.4) is 0 Å². The van der Waals surface area contributed by atoms with E-state index >= 15 is 0 Å². The van der Waals surface area contributed by atoms with Crippen LogP contribution in [0.4, 0.5) is 0 Å². The SMILES string of the molecule is CCc1ccccc1CN1CCc2nc(C(C)(C)C)[nH]c(=O)c2C1. The fraction of sp³-hybridized carbons (Fsp3) is 0.500. The van der Waals surface area contributed by atoms with E-state index in [4.69, 9.17) is 4.98 Å². The fourth-order valence-electron chi connectivity index (χ4n) is 3.27. The average molecular weight is 325 g/mol. The van der Waals surface area contributed by atoms with Gasteiger partial charge in [0.05, 0.1) is 11.3 Å². The van der Waals surface area contributed by atoms with Gasteiger partial charge in [-0.15, -0.1) is 0 Å². The topological polar surface area (TPSA) is 49.0 Å². The number of aryl methyl sites for hydroxylation is 1. The van der Waals surface area contributed by atoms with Gasteiger partial charge in [-0.2, -0.15) is 0 Å². The van der Waals surface area contributed by atoms with Gasteiger partial charge in [-0.1, -0.05) is 52.0 Å². The maximum atomic E-state index is 12.5. The monoisotopic (exact) mass is 325 g/mol. The van der Waals surface area contributed by atoms with Crippen molar-refractivity contribution in [3.8, 4) is 0 Å². The van der Waals surface area contributed by atoms with Crippen LogP contribution in [0.15, 0.2) is 29.1 Å². The fourth-order valence-corrected chi connectivity index (χ4v) is 3.27. The molecule has 1 aliphatic heterocycles. The highest BCUT2D eigenvalue weighted by Crippen LogP contribution is 2.22. The zero-order valence-electron chi connectivity index (χ0n) is 15.1. The van der Waals surface area contributed by atoms with Crippen LogP contribution in [0.25, 0.3) is 0 Å². The van der Waals surface area contributed by atoms with Crippen LogP contribution in [-0.2, 0) is 31.3 Å². The summed E-state index contributed by atoms with van der Waals surface area (Å²) in [5, 5.41) is 0. The molecule has 0 saturated carbocycles.